The zero-order chi connectivity index (χ0) is 14.1. The van der Waals surface area contributed by atoms with Gasteiger partial charge in [-0.05, 0) is 6.92 Å². The summed E-state index contributed by atoms with van der Waals surface area (Å²) in [5.74, 6) is 0.0747. The highest BCUT2D eigenvalue weighted by molar-refractivity contribution is 7.89. The summed E-state index contributed by atoms with van der Waals surface area (Å²) in [4.78, 5) is 22.7. The maximum absolute atomic E-state index is 11.9. The van der Waals surface area contributed by atoms with Gasteiger partial charge in [0.05, 0.1) is 0 Å². The van der Waals surface area contributed by atoms with Crippen LogP contribution in [-0.4, -0.2) is 29.5 Å². The number of rotatable bonds is 4. The first-order valence-corrected chi connectivity index (χ1v) is 7.07. The van der Waals surface area contributed by atoms with Crippen LogP contribution in [0.5, 0.6) is 0 Å². The number of alkyl halides is 1. The van der Waals surface area contributed by atoms with E-state index in [4.69, 9.17) is 11.6 Å². The molecule has 0 spiro atoms. The van der Waals surface area contributed by atoms with E-state index in [0.717, 1.165) is 15.3 Å². The van der Waals surface area contributed by atoms with E-state index in [-0.39, 0.29) is 5.88 Å². The van der Waals surface area contributed by atoms with Gasteiger partial charge in [-0.25, -0.2) is 17.9 Å². The van der Waals surface area contributed by atoms with Crippen LogP contribution in [0.3, 0.4) is 0 Å². The van der Waals surface area contributed by atoms with Crippen molar-refractivity contribution in [1.29, 1.82) is 0 Å². The Morgan fingerprint density at radius 2 is 1.94 bits per heavy atom. The van der Waals surface area contributed by atoms with Gasteiger partial charge in [0.15, 0.2) is 4.90 Å². The topological polar surface area (TPSA) is 90.2 Å². The largest absolute Gasteiger partial charge is 0.330 e. The second kappa shape index (κ2) is 5.25. The van der Waals surface area contributed by atoms with Crippen LogP contribution < -0.4 is 16.0 Å². The predicted molar refractivity (Wildman–Crippen MR) is 67.4 cm³/mol. The molecule has 0 aliphatic carbocycles. The van der Waals surface area contributed by atoms with Gasteiger partial charge < -0.3 is 4.57 Å². The van der Waals surface area contributed by atoms with E-state index >= 15 is 0 Å². The lowest BCUT2D eigenvalue weighted by Crippen LogP contribution is -2.43. The third kappa shape index (κ3) is 2.82. The van der Waals surface area contributed by atoms with Gasteiger partial charge in [0.2, 0.25) is 10.0 Å². The molecule has 0 saturated heterocycles. The average Bonchev–Trinajstić information content (AvgIpc) is 2.30. The Labute approximate surface area is 109 Å². The van der Waals surface area contributed by atoms with Crippen molar-refractivity contribution in [2.24, 2.45) is 14.1 Å². The molecule has 102 valence electrons. The van der Waals surface area contributed by atoms with Crippen molar-refractivity contribution in [3.8, 4) is 0 Å². The minimum atomic E-state index is -3.99. The van der Waals surface area contributed by atoms with Gasteiger partial charge in [0.1, 0.15) is 0 Å². The Bertz CT molecular complexity index is 661. The molecule has 1 N–H and O–H groups in total. The number of hydrogen-bond donors (Lipinski definition) is 1. The molecule has 1 rings (SSSR count). The average molecular weight is 296 g/mol. The van der Waals surface area contributed by atoms with Crippen LogP contribution in [0.2, 0.25) is 0 Å². The molecule has 0 radical (unpaired) electrons. The van der Waals surface area contributed by atoms with Crippen LogP contribution in [0.25, 0.3) is 0 Å². The molecule has 1 atom stereocenters. The van der Waals surface area contributed by atoms with E-state index < -0.39 is 32.2 Å². The first-order chi connectivity index (χ1) is 8.20. The number of aryl methyl sites for hydroxylation is 1. The molecule has 0 aliphatic rings. The summed E-state index contributed by atoms with van der Waals surface area (Å²) < 4.78 is 27.9. The molecule has 18 heavy (non-hydrogen) atoms. The predicted octanol–water partition coefficient (Wildman–Crippen LogP) is -1.01. The van der Waals surface area contributed by atoms with E-state index in [0.29, 0.717) is 0 Å². The molecular formula is C9H14ClN3O4S. The summed E-state index contributed by atoms with van der Waals surface area (Å²) in [7, 11) is -1.41. The van der Waals surface area contributed by atoms with Crippen molar-refractivity contribution in [1.82, 2.24) is 13.9 Å². The monoisotopic (exact) mass is 295 g/mol. The third-order valence-corrected chi connectivity index (χ3v) is 4.33. The number of sulfonamides is 1. The molecule has 1 aromatic heterocycles. The highest BCUT2D eigenvalue weighted by atomic mass is 35.5. The van der Waals surface area contributed by atoms with Crippen molar-refractivity contribution >= 4 is 21.6 Å². The van der Waals surface area contributed by atoms with Crippen LogP contribution in [0.4, 0.5) is 0 Å². The SMILES string of the molecule is CC(CCl)NS(=O)(=O)c1cn(C)c(=O)n(C)c1=O. The number of aromatic nitrogens is 2. The van der Waals surface area contributed by atoms with Crippen molar-refractivity contribution in [3.05, 3.63) is 27.0 Å². The summed E-state index contributed by atoms with van der Waals surface area (Å²) in [6.07, 6.45) is 0.994. The van der Waals surface area contributed by atoms with Gasteiger partial charge in [-0.3, -0.25) is 9.36 Å². The lowest BCUT2D eigenvalue weighted by molar-refractivity contribution is 0.561. The highest BCUT2D eigenvalue weighted by Crippen LogP contribution is 2.02. The Kier molecular flexibility index (Phi) is 4.36. The maximum Gasteiger partial charge on any atom is 0.330 e. The third-order valence-electron chi connectivity index (χ3n) is 2.29. The maximum atomic E-state index is 11.9. The summed E-state index contributed by atoms with van der Waals surface area (Å²) in [5.41, 5.74) is -1.46. The van der Waals surface area contributed by atoms with Gasteiger partial charge >= 0.3 is 5.69 Å². The normalized spacial score (nSPS) is 13.6. The van der Waals surface area contributed by atoms with E-state index in [9.17, 15) is 18.0 Å². The second-order valence-electron chi connectivity index (χ2n) is 3.93. The molecule has 7 nitrogen and oxygen atoms in total. The fraction of sp³-hybridized carbons (Fsp3) is 0.556. The summed E-state index contributed by atoms with van der Waals surface area (Å²) in [5, 5.41) is 0. The van der Waals surface area contributed by atoms with Crippen LogP contribution in [0, 0.1) is 0 Å². The van der Waals surface area contributed by atoms with Crippen LogP contribution in [0.15, 0.2) is 20.7 Å². The van der Waals surface area contributed by atoms with Gasteiger partial charge in [0, 0.05) is 32.2 Å². The molecule has 1 aromatic rings. The first-order valence-electron chi connectivity index (χ1n) is 5.05. The molecule has 1 heterocycles. The fourth-order valence-corrected chi connectivity index (χ4v) is 2.89. The summed E-state index contributed by atoms with van der Waals surface area (Å²) >= 11 is 5.51. The fourth-order valence-electron chi connectivity index (χ4n) is 1.32. The van der Waals surface area contributed by atoms with E-state index in [1.54, 1.807) is 6.92 Å². The number of nitrogens with one attached hydrogen (secondary N) is 1. The lowest BCUT2D eigenvalue weighted by atomic mass is 10.4. The van der Waals surface area contributed by atoms with Gasteiger partial charge in [0.25, 0.3) is 5.56 Å². The molecule has 9 heteroatoms. The molecule has 0 aliphatic heterocycles. The van der Waals surface area contributed by atoms with Gasteiger partial charge in [-0.15, -0.1) is 11.6 Å². The van der Waals surface area contributed by atoms with Crippen LogP contribution in [0.1, 0.15) is 6.92 Å². The molecule has 0 aromatic carbocycles. The number of hydrogen-bond acceptors (Lipinski definition) is 4. The van der Waals surface area contributed by atoms with E-state index in [2.05, 4.69) is 4.72 Å². The molecule has 0 fully saturated rings. The smallest absolute Gasteiger partial charge is 0.302 e. The summed E-state index contributed by atoms with van der Waals surface area (Å²) in [6.45, 7) is 1.57. The van der Waals surface area contributed by atoms with E-state index in [1.165, 1.54) is 14.1 Å². The standard InChI is InChI=1S/C9H14ClN3O4S/c1-6(4-10)11-18(16,17)7-5-12(2)9(15)13(3)8(7)14/h5-6,11H,4H2,1-3H3. The Balaban J connectivity index is 3.44. The molecule has 0 saturated carbocycles. The molecule has 0 bridgehead atoms. The quantitative estimate of drug-likeness (QED) is 0.721. The molecule has 1 unspecified atom stereocenters. The molecular weight excluding hydrogens is 282 g/mol. The van der Waals surface area contributed by atoms with Crippen LogP contribution >= 0.6 is 11.6 Å². The first kappa shape index (κ1) is 14.9. The molecule has 0 amide bonds. The minimum Gasteiger partial charge on any atom is -0.302 e. The number of nitrogens with zero attached hydrogens (tertiary/aromatic N) is 2. The zero-order valence-corrected chi connectivity index (χ0v) is 11.7. The number of halogens is 1. The highest BCUT2D eigenvalue weighted by Gasteiger charge is 2.22. The summed E-state index contributed by atoms with van der Waals surface area (Å²) in [6, 6.07) is -0.515. The minimum absolute atomic E-state index is 0.0747. The lowest BCUT2D eigenvalue weighted by Gasteiger charge is -2.12. The van der Waals surface area contributed by atoms with E-state index in [1.807, 2.05) is 0 Å². The van der Waals surface area contributed by atoms with Crippen molar-refractivity contribution in [2.45, 2.75) is 17.9 Å². The Hall–Kier alpha value is -1.12. The van der Waals surface area contributed by atoms with Gasteiger partial charge in [-0.2, -0.15) is 0 Å². The zero-order valence-electron chi connectivity index (χ0n) is 10.2. The second-order valence-corrected chi connectivity index (χ2v) is 5.92. The Morgan fingerprint density at radius 3 is 2.44 bits per heavy atom. The Morgan fingerprint density at radius 1 is 1.39 bits per heavy atom. The van der Waals surface area contributed by atoms with Crippen molar-refractivity contribution in [3.63, 3.8) is 0 Å². The van der Waals surface area contributed by atoms with Crippen molar-refractivity contribution in [2.75, 3.05) is 5.88 Å². The van der Waals surface area contributed by atoms with Gasteiger partial charge in [-0.1, -0.05) is 0 Å². The van der Waals surface area contributed by atoms with Crippen molar-refractivity contribution < 1.29 is 8.42 Å². The van der Waals surface area contributed by atoms with Crippen LogP contribution in [-0.2, 0) is 24.1 Å².